The van der Waals surface area contributed by atoms with Crippen LogP contribution in [-0.4, -0.2) is 9.97 Å². The lowest BCUT2D eigenvalue weighted by Gasteiger charge is -2.11. The van der Waals surface area contributed by atoms with E-state index in [1.807, 2.05) is 12.1 Å². The second-order valence-corrected chi connectivity index (χ2v) is 5.58. The Morgan fingerprint density at radius 1 is 1.20 bits per heavy atom. The minimum Gasteiger partial charge on any atom is -0.308 e. The van der Waals surface area contributed by atoms with Crippen LogP contribution in [0.1, 0.15) is 36.8 Å². The van der Waals surface area contributed by atoms with E-state index < -0.39 is 0 Å². The van der Waals surface area contributed by atoms with Gasteiger partial charge in [0.1, 0.15) is 11.6 Å². The fraction of sp³-hybridized carbons (Fsp3) is 0.286. The molecule has 3 N–H and O–H groups in total. The van der Waals surface area contributed by atoms with Gasteiger partial charge >= 0.3 is 0 Å². The fourth-order valence-corrected chi connectivity index (χ4v) is 2.36. The van der Waals surface area contributed by atoms with Crippen LogP contribution in [0.15, 0.2) is 24.3 Å². The topological polar surface area (TPSA) is 63.8 Å². The third-order valence-corrected chi connectivity index (χ3v) is 3.64. The number of benzene rings is 1. The largest absolute Gasteiger partial charge is 0.308 e. The van der Waals surface area contributed by atoms with Gasteiger partial charge in [0.05, 0.1) is 0 Å². The Morgan fingerprint density at radius 2 is 1.85 bits per heavy atom. The number of nitrogens with two attached hydrogens (primary N) is 1. The van der Waals surface area contributed by atoms with E-state index in [0.29, 0.717) is 28.1 Å². The smallest absolute Gasteiger partial charge is 0.143 e. The molecule has 1 aromatic carbocycles. The van der Waals surface area contributed by atoms with E-state index in [1.54, 1.807) is 12.1 Å². The average molecular weight is 311 g/mol. The van der Waals surface area contributed by atoms with Crippen molar-refractivity contribution in [1.29, 1.82) is 0 Å². The molecular weight excluding hydrogens is 295 g/mol. The summed E-state index contributed by atoms with van der Waals surface area (Å²) in [5.74, 6) is 6.95. The standard InChI is InChI=1S/C14H16Cl2N4/c1-8(2)12-7-14(20-17)19-13(18-12)6-9-10(15)4-3-5-11(9)16/h3-5,7-8H,6,17H2,1-2H3,(H,18,19,20). The van der Waals surface area contributed by atoms with Crippen molar-refractivity contribution in [3.05, 3.63) is 51.4 Å². The van der Waals surface area contributed by atoms with Crippen LogP contribution in [0.5, 0.6) is 0 Å². The Hall–Kier alpha value is -1.36. The van der Waals surface area contributed by atoms with Crippen molar-refractivity contribution in [2.75, 3.05) is 5.43 Å². The van der Waals surface area contributed by atoms with Gasteiger partial charge in [-0.15, -0.1) is 0 Å². The maximum absolute atomic E-state index is 6.18. The van der Waals surface area contributed by atoms with Crippen molar-refractivity contribution >= 4 is 29.0 Å². The number of rotatable bonds is 4. The molecule has 0 spiro atoms. The molecule has 0 aliphatic carbocycles. The first-order chi connectivity index (χ1) is 9.51. The van der Waals surface area contributed by atoms with Gasteiger partial charge < -0.3 is 5.43 Å². The van der Waals surface area contributed by atoms with Gasteiger partial charge in [-0.25, -0.2) is 15.8 Å². The van der Waals surface area contributed by atoms with Crippen molar-refractivity contribution in [3.8, 4) is 0 Å². The highest BCUT2D eigenvalue weighted by molar-refractivity contribution is 6.36. The third kappa shape index (κ3) is 3.39. The molecule has 0 saturated carbocycles. The van der Waals surface area contributed by atoms with Gasteiger partial charge in [0.15, 0.2) is 0 Å². The molecule has 0 bridgehead atoms. The minimum absolute atomic E-state index is 0.283. The molecule has 6 heteroatoms. The van der Waals surface area contributed by atoms with Gasteiger partial charge in [0, 0.05) is 28.2 Å². The summed E-state index contributed by atoms with van der Waals surface area (Å²) >= 11 is 12.4. The van der Waals surface area contributed by atoms with Gasteiger partial charge in [-0.3, -0.25) is 0 Å². The Morgan fingerprint density at radius 3 is 2.40 bits per heavy atom. The summed E-state index contributed by atoms with van der Waals surface area (Å²) in [6, 6.07) is 7.25. The highest BCUT2D eigenvalue weighted by Crippen LogP contribution is 2.26. The lowest BCUT2D eigenvalue weighted by atomic mass is 10.1. The van der Waals surface area contributed by atoms with Crippen molar-refractivity contribution < 1.29 is 0 Å². The molecule has 0 saturated heterocycles. The zero-order chi connectivity index (χ0) is 14.7. The summed E-state index contributed by atoms with van der Waals surface area (Å²) in [6.07, 6.45) is 0.466. The van der Waals surface area contributed by atoms with Crippen molar-refractivity contribution in [3.63, 3.8) is 0 Å². The van der Waals surface area contributed by atoms with Crippen LogP contribution in [-0.2, 0) is 6.42 Å². The van der Waals surface area contributed by atoms with Crippen molar-refractivity contribution in [1.82, 2.24) is 9.97 Å². The van der Waals surface area contributed by atoms with E-state index in [2.05, 4.69) is 29.2 Å². The Labute approximate surface area is 128 Å². The first kappa shape index (κ1) is 15.0. The van der Waals surface area contributed by atoms with Crippen LogP contribution in [0.4, 0.5) is 5.82 Å². The number of hydrogen-bond acceptors (Lipinski definition) is 4. The second-order valence-electron chi connectivity index (χ2n) is 4.77. The van der Waals surface area contributed by atoms with Gasteiger partial charge in [-0.1, -0.05) is 43.1 Å². The first-order valence-electron chi connectivity index (χ1n) is 6.28. The SMILES string of the molecule is CC(C)c1cc(NN)nc(Cc2c(Cl)cccc2Cl)n1. The number of nitrogen functional groups attached to an aromatic ring is 1. The van der Waals surface area contributed by atoms with Gasteiger partial charge in [0.25, 0.3) is 0 Å². The number of nitrogens with one attached hydrogen (secondary N) is 1. The predicted molar refractivity (Wildman–Crippen MR) is 83.2 cm³/mol. The van der Waals surface area contributed by atoms with Crippen molar-refractivity contribution in [2.24, 2.45) is 5.84 Å². The summed E-state index contributed by atoms with van der Waals surface area (Å²) in [5, 5.41) is 1.22. The fourth-order valence-electron chi connectivity index (χ4n) is 1.83. The molecule has 0 atom stereocenters. The predicted octanol–water partition coefficient (Wildman–Crippen LogP) is 3.78. The van der Waals surface area contributed by atoms with Crippen LogP contribution in [0.3, 0.4) is 0 Å². The molecule has 1 heterocycles. The Balaban J connectivity index is 2.40. The van der Waals surface area contributed by atoms with E-state index >= 15 is 0 Å². The third-order valence-electron chi connectivity index (χ3n) is 2.93. The number of hydrogen-bond donors (Lipinski definition) is 2. The molecule has 0 radical (unpaired) electrons. The minimum atomic E-state index is 0.283. The highest BCUT2D eigenvalue weighted by atomic mass is 35.5. The maximum Gasteiger partial charge on any atom is 0.143 e. The molecule has 4 nitrogen and oxygen atoms in total. The number of anilines is 1. The molecule has 2 aromatic rings. The molecule has 1 aromatic heterocycles. The molecule has 0 fully saturated rings. The normalized spacial score (nSPS) is 10.9. The van der Waals surface area contributed by atoms with Gasteiger partial charge in [-0.05, 0) is 23.6 Å². The summed E-state index contributed by atoms with van der Waals surface area (Å²) in [4.78, 5) is 8.88. The number of nitrogens with zero attached hydrogens (tertiary/aromatic N) is 2. The van der Waals surface area contributed by atoms with E-state index in [4.69, 9.17) is 29.0 Å². The lowest BCUT2D eigenvalue weighted by Crippen LogP contribution is -2.12. The average Bonchev–Trinajstić information content (AvgIpc) is 2.42. The molecule has 0 aliphatic rings. The van der Waals surface area contributed by atoms with Crippen molar-refractivity contribution in [2.45, 2.75) is 26.2 Å². The summed E-state index contributed by atoms with van der Waals surface area (Å²) in [5.41, 5.74) is 4.30. The van der Waals surface area contributed by atoms with Crippen LogP contribution >= 0.6 is 23.2 Å². The maximum atomic E-state index is 6.18. The molecule has 0 unspecified atom stereocenters. The summed E-state index contributed by atoms with van der Waals surface area (Å²) in [6.45, 7) is 4.13. The zero-order valence-electron chi connectivity index (χ0n) is 11.3. The Bertz CT molecular complexity index is 594. The van der Waals surface area contributed by atoms with E-state index in [1.165, 1.54) is 0 Å². The number of hydrazine groups is 1. The van der Waals surface area contributed by atoms with Crippen LogP contribution in [0, 0.1) is 0 Å². The van der Waals surface area contributed by atoms with Crippen LogP contribution in [0.2, 0.25) is 10.0 Å². The van der Waals surface area contributed by atoms with Gasteiger partial charge in [-0.2, -0.15) is 0 Å². The lowest BCUT2D eigenvalue weighted by molar-refractivity contribution is 0.792. The summed E-state index contributed by atoms with van der Waals surface area (Å²) in [7, 11) is 0. The molecule has 20 heavy (non-hydrogen) atoms. The molecule has 2 rings (SSSR count). The summed E-state index contributed by atoms with van der Waals surface area (Å²) < 4.78 is 0. The molecule has 0 amide bonds. The van der Waals surface area contributed by atoms with Crippen LogP contribution in [0.25, 0.3) is 0 Å². The van der Waals surface area contributed by atoms with Crippen LogP contribution < -0.4 is 11.3 Å². The molecular formula is C14H16Cl2N4. The monoisotopic (exact) mass is 310 g/mol. The quantitative estimate of drug-likeness (QED) is 0.666. The first-order valence-corrected chi connectivity index (χ1v) is 7.04. The van der Waals surface area contributed by atoms with Gasteiger partial charge in [0.2, 0.25) is 0 Å². The molecule has 0 aliphatic heterocycles. The van der Waals surface area contributed by atoms with E-state index in [0.717, 1.165) is 11.3 Å². The second kappa shape index (κ2) is 6.39. The van der Waals surface area contributed by atoms with E-state index in [-0.39, 0.29) is 5.92 Å². The molecule has 106 valence electrons. The number of halogens is 2. The Kier molecular flexibility index (Phi) is 4.81. The highest BCUT2D eigenvalue weighted by Gasteiger charge is 2.12. The number of aromatic nitrogens is 2. The van der Waals surface area contributed by atoms with E-state index in [9.17, 15) is 0 Å². The zero-order valence-corrected chi connectivity index (χ0v) is 12.8.